The van der Waals surface area contributed by atoms with E-state index in [0.29, 0.717) is 24.8 Å². The number of unbranched alkanes of at least 4 members (excludes halogenated alkanes) is 19. The summed E-state index contributed by atoms with van der Waals surface area (Å²) in [5.74, 6) is -0.382. The summed E-state index contributed by atoms with van der Waals surface area (Å²) in [4.78, 5) is 71.7. The van der Waals surface area contributed by atoms with Gasteiger partial charge >= 0.3 is 5.97 Å². The summed E-state index contributed by atoms with van der Waals surface area (Å²) in [5, 5.41) is 39.6. The summed E-state index contributed by atoms with van der Waals surface area (Å²) < 4.78 is 2.42. The minimum absolute atomic E-state index is 0.0193. The van der Waals surface area contributed by atoms with Crippen LogP contribution in [0, 0.1) is 5.41 Å². The first-order chi connectivity index (χ1) is 36.3. The number of ether oxygens (including phenoxy) is 1. The van der Waals surface area contributed by atoms with E-state index in [0.717, 1.165) is 87.7 Å². The van der Waals surface area contributed by atoms with Gasteiger partial charge in [-0.15, -0.1) is 13.2 Å². The van der Waals surface area contributed by atoms with Crippen molar-refractivity contribution in [3.63, 3.8) is 0 Å². The second-order valence-corrected chi connectivity index (χ2v) is 28.2. The fourth-order valence-corrected chi connectivity index (χ4v) is 15.0. The molecule has 4 heterocycles. The Morgan fingerprint density at radius 3 is 1.26 bits per heavy atom. The van der Waals surface area contributed by atoms with E-state index in [4.69, 9.17) is 0 Å². The topological polar surface area (TPSA) is 193 Å². The van der Waals surface area contributed by atoms with Crippen LogP contribution in [0.25, 0.3) is 0 Å². The van der Waals surface area contributed by atoms with Gasteiger partial charge in [0, 0.05) is 5.57 Å². The van der Waals surface area contributed by atoms with Crippen molar-refractivity contribution in [2.45, 2.75) is 281 Å². The maximum Gasteiger partial charge on any atom is 0.345 e. The summed E-state index contributed by atoms with van der Waals surface area (Å²) in [6, 6.07) is 0. The zero-order chi connectivity index (χ0) is 58.5. The fraction of sp³-hybridized carbons (Fsp3) is 0.742. The molecule has 0 saturated carbocycles. The van der Waals surface area contributed by atoms with E-state index >= 15 is 0 Å². The third-order valence-corrected chi connectivity index (χ3v) is 20.4. The highest BCUT2D eigenvalue weighted by Gasteiger charge is 2.57. The molecule has 11 nitrogen and oxygen atoms in total. The molecule has 77 heavy (non-hydrogen) atoms. The SMILES string of the molecule is C=CCC1(C)C(=O)S[C@](C)(CCCCCCC)C1=O.C=CCC1=C(O)[C@@](C)(CCCCCCCC)SC1=O.CCCCCCCC[C@@]1(C)SC(=O)C(C(=O)OC)=C1O.CCCCCCCC[C@@]1(C)SC(=O)C(C(C)O)=C1O. The molecule has 440 valence electrons. The average molecular weight is 1150 g/mol. The molecule has 0 aromatic carbocycles. The molecule has 1 saturated heterocycles. The first-order valence-corrected chi connectivity index (χ1v) is 32.4. The van der Waals surface area contributed by atoms with Crippen LogP contribution in [0.15, 0.2) is 59.3 Å². The highest BCUT2D eigenvalue weighted by Crippen LogP contribution is 2.52. The minimum Gasteiger partial charge on any atom is -0.510 e. The lowest BCUT2D eigenvalue weighted by molar-refractivity contribution is -0.137. The van der Waals surface area contributed by atoms with Crippen molar-refractivity contribution < 1.29 is 53.9 Å². The number of hydrogen-bond acceptors (Lipinski definition) is 15. The number of aliphatic hydroxyl groups excluding tert-OH is 4. The van der Waals surface area contributed by atoms with Crippen molar-refractivity contribution in [3.8, 4) is 0 Å². The molecule has 4 N–H and O–H groups in total. The first kappa shape index (κ1) is 72.3. The fourth-order valence-electron chi connectivity index (χ4n) is 10.0. The van der Waals surface area contributed by atoms with Crippen molar-refractivity contribution in [2.75, 3.05) is 7.11 Å². The second-order valence-electron chi connectivity index (χ2n) is 22.3. The molecule has 0 bridgehead atoms. The van der Waals surface area contributed by atoms with Crippen molar-refractivity contribution in [2.24, 2.45) is 5.41 Å². The lowest BCUT2D eigenvalue weighted by Crippen LogP contribution is -2.37. The zero-order valence-electron chi connectivity index (χ0n) is 49.4. The molecule has 15 heteroatoms. The Kier molecular flexibility index (Phi) is 34.4. The van der Waals surface area contributed by atoms with Crippen LogP contribution in [0.5, 0.6) is 0 Å². The molecule has 4 aliphatic rings. The van der Waals surface area contributed by atoms with E-state index in [2.05, 4.69) is 45.6 Å². The highest BCUT2D eigenvalue weighted by molar-refractivity contribution is 8.17. The van der Waals surface area contributed by atoms with Crippen LogP contribution >= 0.6 is 47.0 Å². The normalized spacial score (nSPS) is 25.4. The van der Waals surface area contributed by atoms with Gasteiger partial charge in [-0.1, -0.05) is 235 Å². The molecule has 1 fully saturated rings. The first-order valence-electron chi connectivity index (χ1n) is 29.1. The third kappa shape index (κ3) is 22.3. The van der Waals surface area contributed by atoms with Gasteiger partial charge in [0.05, 0.1) is 43.2 Å². The number of hydrogen-bond donors (Lipinski definition) is 4. The molecule has 0 aliphatic carbocycles. The molecular formula is C62H102O11S4. The van der Waals surface area contributed by atoms with Crippen molar-refractivity contribution in [1.29, 1.82) is 0 Å². The third-order valence-electron chi connectivity index (χ3n) is 15.1. The number of aliphatic hydroxyl groups is 4. The number of methoxy groups -OCH3 is 1. The molecule has 0 aromatic heterocycles. The number of ketones is 1. The molecule has 4 aliphatic heterocycles. The van der Waals surface area contributed by atoms with Crippen molar-refractivity contribution in [3.05, 3.63) is 59.3 Å². The van der Waals surface area contributed by atoms with E-state index < -0.39 is 36.5 Å². The summed E-state index contributed by atoms with van der Waals surface area (Å²) >= 11 is 4.72. The lowest BCUT2D eigenvalue weighted by Gasteiger charge is -2.23. The quantitative estimate of drug-likeness (QED) is 0.0159. The Morgan fingerprint density at radius 1 is 0.519 bits per heavy atom. The van der Waals surface area contributed by atoms with Gasteiger partial charge in [-0.25, -0.2) is 4.79 Å². The average Bonchev–Trinajstić information content (AvgIpc) is 3.91. The number of esters is 1. The Morgan fingerprint density at radius 2 is 0.883 bits per heavy atom. The van der Waals surface area contributed by atoms with E-state index in [-0.39, 0.29) is 54.7 Å². The Hall–Kier alpha value is -2.72. The van der Waals surface area contributed by atoms with E-state index in [1.165, 1.54) is 140 Å². The lowest BCUT2D eigenvalue weighted by atomic mass is 9.77. The molecule has 0 radical (unpaired) electrons. The molecule has 6 atom stereocenters. The number of Topliss-reactive ketones (excluding diaryl/α,β-unsaturated/α-hetero) is 1. The molecule has 2 unspecified atom stereocenters. The van der Waals surface area contributed by atoms with Gasteiger partial charge in [-0.05, 0) is 80.1 Å². The number of carbonyl (C=O) groups is 6. The molecule has 0 aromatic rings. The summed E-state index contributed by atoms with van der Waals surface area (Å²) in [6.45, 7) is 27.0. The largest absolute Gasteiger partial charge is 0.510 e. The number of allylic oxidation sites excluding steroid dienone is 2. The highest BCUT2D eigenvalue weighted by atomic mass is 32.2. The maximum absolute atomic E-state index is 12.6. The number of thioether (sulfide) groups is 4. The van der Waals surface area contributed by atoms with Crippen LogP contribution in [0.4, 0.5) is 0 Å². The summed E-state index contributed by atoms with van der Waals surface area (Å²) in [5.41, 5.74) is -0.289. The van der Waals surface area contributed by atoms with Crippen LogP contribution in [0.2, 0.25) is 0 Å². The number of rotatable bonds is 33. The van der Waals surface area contributed by atoms with Crippen LogP contribution < -0.4 is 0 Å². The summed E-state index contributed by atoms with van der Waals surface area (Å²) in [7, 11) is 1.21. The van der Waals surface area contributed by atoms with Crippen LogP contribution in [-0.4, -0.2) is 84.8 Å². The van der Waals surface area contributed by atoms with Gasteiger partial charge < -0.3 is 25.2 Å². The van der Waals surface area contributed by atoms with Gasteiger partial charge in [0.2, 0.25) is 20.5 Å². The maximum atomic E-state index is 12.6. The zero-order valence-corrected chi connectivity index (χ0v) is 52.7. The van der Waals surface area contributed by atoms with Gasteiger partial charge in [-0.3, -0.25) is 24.0 Å². The van der Waals surface area contributed by atoms with E-state index in [1.807, 2.05) is 27.7 Å². The minimum atomic E-state index is -0.883. The van der Waals surface area contributed by atoms with E-state index in [9.17, 15) is 49.2 Å². The Labute approximate surface area is 482 Å². The van der Waals surface area contributed by atoms with Gasteiger partial charge in [-0.2, -0.15) is 0 Å². The second kappa shape index (κ2) is 36.6. The predicted octanol–water partition coefficient (Wildman–Crippen LogP) is 17.4. The van der Waals surface area contributed by atoms with Crippen molar-refractivity contribution >= 4 is 79.3 Å². The van der Waals surface area contributed by atoms with Gasteiger partial charge in [0.15, 0.2) is 11.4 Å². The van der Waals surface area contributed by atoms with Gasteiger partial charge in [0.25, 0.3) is 0 Å². The Bertz CT molecular complexity index is 2040. The van der Waals surface area contributed by atoms with Crippen molar-refractivity contribution in [1.82, 2.24) is 0 Å². The predicted molar refractivity (Wildman–Crippen MR) is 327 cm³/mol. The Balaban J connectivity index is 0.000000513. The summed E-state index contributed by atoms with van der Waals surface area (Å²) in [6.07, 6.45) is 33.9. The molecular weight excluding hydrogens is 1050 g/mol. The molecule has 0 amide bonds. The van der Waals surface area contributed by atoms with Crippen LogP contribution in [-0.2, 0) is 33.5 Å². The standard InChI is InChI=1S/2C16H26O2S.C15H24O4S.C15H26O3S/c1-5-7-8-9-10-12-16(4)13(17)15(3,11-6-2)14(18)19-16;1-4-6-7-8-9-10-12-16(3)14(17)13(11-5-2)15(18)19-16;1-4-5-6-7-8-9-10-15(2)12(16)11(13(17)19-3)14(18)20-15;1-4-5-6-7-8-9-10-15(3)13(17)12(11(2)16)14(18)19-15/h6H,2,5,7-12H2,1,3-4H3;5,17H,2,4,6-12H2,1,3H3;16H,4-10H2,1-3H3;11,16-17H,4-10H2,1-3H3/t15?,16-;16-;15-;11?,15-/m1111/s1. The number of carbonyl (C=O) groups excluding carboxylic acids is 6. The van der Waals surface area contributed by atoms with E-state index in [1.54, 1.807) is 19.1 Å². The van der Waals surface area contributed by atoms with Crippen LogP contribution in [0.1, 0.15) is 255 Å². The van der Waals surface area contributed by atoms with Gasteiger partial charge in [0.1, 0.15) is 17.3 Å². The van der Waals surface area contributed by atoms with Crippen LogP contribution in [0.3, 0.4) is 0 Å². The molecule has 0 spiro atoms. The smallest absolute Gasteiger partial charge is 0.345 e. The molecule has 4 rings (SSSR count). The monoisotopic (exact) mass is 1150 g/mol.